The fourth-order valence-electron chi connectivity index (χ4n) is 2.22. The van der Waals surface area contributed by atoms with Gasteiger partial charge in [-0.05, 0) is 25.2 Å². The summed E-state index contributed by atoms with van der Waals surface area (Å²) in [5.74, 6) is 0.394. The summed E-state index contributed by atoms with van der Waals surface area (Å²) in [6, 6.07) is -0.446. The number of primary amides is 1. The molecule has 3 atom stereocenters. The van der Waals surface area contributed by atoms with E-state index in [1.165, 1.54) is 0 Å². The van der Waals surface area contributed by atoms with Gasteiger partial charge in [-0.1, -0.05) is 6.92 Å². The second-order valence-corrected chi connectivity index (χ2v) is 4.74. The van der Waals surface area contributed by atoms with E-state index in [0.717, 1.165) is 19.3 Å². The summed E-state index contributed by atoms with van der Waals surface area (Å²) in [4.78, 5) is 22.3. The number of carbonyl (C=O) groups is 2. The predicted octanol–water partition coefficient (Wildman–Crippen LogP) is -0.466. The number of urea groups is 1. The third-order valence-electron chi connectivity index (χ3n) is 3.30. The molecular weight excluding hydrogens is 220 g/mol. The highest BCUT2D eigenvalue weighted by atomic mass is 16.2. The van der Waals surface area contributed by atoms with Gasteiger partial charge in [0.1, 0.15) is 0 Å². The number of hydrogen-bond acceptors (Lipinski definition) is 3. The lowest BCUT2D eigenvalue weighted by atomic mass is 9.78. The summed E-state index contributed by atoms with van der Waals surface area (Å²) in [6.07, 6.45) is 2.74. The average molecular weight is 242 g/mol. The summed E-state index contributed by atoms with van der Waals surface area (Å²) in [5.41, 5.74) is 10.8. The van der Waals surface area contributed by atoms with Crippen molar-refractivity contribution in [2.24, 2.45) is 23.3 Å². The summed E-state index contributed by atoms with van der Waals surface area (Å²) in [5, 5.41) is 5.22. The minimum Gasteiger partial charge on any atom is -0.354 e. The Bertz CT molecular complexity index is 283. The number of carbonyl (C=O) groups excluding carboxylic acids is 2. The van der Waals surface area contributed by atoms with Crippen molar-refractivity contribution in [1.82, 2.24) is 10.6 Å². The lowest BCUT2D eigenvalue weighted by Crippen LogP contribution is -2.44. The van der Waals surface area contributed by atoms with Crippen LogP contribution in [0, 0.1) is 11.8 Å². The molecule has 6 heteroatoms. The summed E-state index contributed by atoms with van der Waals surface area (Å²) >= 11 is 0. The van der Waals surface area contributed by atoms with Gasteiger partial charge in [0.15, 0.2) is 0 Å². The minimum absolute atomic E-state index is 0.00710. The van der Waals surface area contributed by atoms with E-state index >= 15 is 0 Å². The standard InChI is InChI=1S/C11H22N4O2/c1-7-2-3-8(12)6-9(7)10(16)14-4-5-15-11(13)17/h7-9H,2-6,12H2,1H3,(H,14,16)(H3,13,15,17). The molecule has 0 aromatic rings. The smallest absolute Gasteiger partial charge is 0.312 e. The van der Waals surface area contributed by atoms with Crippen LogP contribution in [0.15, 0.2) is 0 Å². The van der Waals surface area contributed by atoms with Crippen LogP contribution in [0.4, 0.5) is 4.79 Å². The molecule has 1 aliphatic carbocycles. The Morgan fingerprint density at radius 3 is 2.53 bits per heavy atom. The summed E-state index contributed by atoms with van der Waals surface area (Å²) in [7, 11) is 0. The van der Waals surface area contributed by atoms with Crippen LogP contribution in [0.1, 0.15) is 26.2 Å². The highest BCUT2D eigenvalue weighted by molar-refractivity contribution is 5.79. The van der Waals surface area contributed by atoms with Crippen molar-refractivity contribution in [1.29, 1.82) is 0 Å². The summed E-state index contributed by atoms with van der Waals surface area (Å²) in [6.45, 7) is 2.84. The zero-order valence-electron chi connectivity index (χ0n) is 10.2. The first-order valence-electron chi connectivity index (χ1n) is 6.07. The molecule has 3 amide bonds. The molecule has 0 saturated heterocycles. The van der Waals surface area contributed by atoms with Crippen molar-refractivity contribution >= 4 is 11.9 Å². The first kappa shape index (κ1) is 13.8. The zero-order valence-corrected chi connectivity index (χ0v) is 10.2. The number of rotatable bonds is 4. The van der Waals surface area contributed by atoms with E-state index in [9.17, 15) is 9.59 Å². The molecule has 0 aliphatic heterocycles. The molecular formula is C11H22N4O2. The number of amides is 3. The molecule has 1 aliphatic rings. The molecule has 1 rings (SSSR count). The third-order valence-corrected chi connectivity index (χ3v) is 3.30. The number of hydrogen-bond donors (Lipinski definition) is 4. The fraction of sp³-hybridized carbons (Fsp3) is 0.818. The normalized spacial score (nSPS) is 28.5. The maximum atomic E-state index is 11.9. The lowest BCUT2D eigenvalue weighted by molar-refractivity contribution is -0.127. The molecule has 1 fully saturated rings. The van der Waals surface area contributed by atoms with E-state index in [1.54, 1.807) is 0 Å². The molecule has 1 saturated carbocycles. The Hall–Kier alpha value is -1.30. The zero-order chi connectivity index (χ0) is 12.8. The Morgan fingerprint density at radius 2 is 1.88 bits per heavy atom. The molecule has 98 valence electrons. The maximum absolute atomic E-state index is 11.9. The van der Waals surface area contributed by atoms with Gasteiger partial charge in [-0.15, -0.1) is 0 Å². The fourth-order valence-corrected chi connectivity index (χ4v) is 2.22. The van der Waals surface area contributed by atoms with Crippen molar-refractivity contribution in [3.05, 3.63) is 0 Å². The molecule has 0 aromatic heterocycles. The molecule has 6 N–H and O–H groups in total. The molecule has 6 nitrogen and oxygen atoms in total. The molecule has 0 heterocycles. The number of nitrogens with two attached hydrogens (primary N) is 2. The highest BCUT2D eigenvalue weighted by Crippen LogP contribution is 2.28. The van der Waals surface area contributed by atoms with Crippen molar-refractivity contribution in [3.63, 3.8) is 0 Å². The van der Waals surface area contributed by atoms with Crippen LogP contribution in [0.25, 0.3) is 0 Å². The van der Waals surface area contributed by atoms with Gasteiger partial charge >= 0.3 is 6.03 Å². The topological polar surface area (TPSA) is 110 Å². The van der Waals surface area contributed by atoms with E-state index in [4.69, 9.17) is 11.5 Å². The molecule has 17 heavy (non-hydrogen) atoms. The Labute approximate surface area is 101 Å². The van der Waals surface area contributed by atoms with Crippen molar-refractivity contribution in [3.8, 4) is 0 Å². The molecule has 0 aromatic carbocycles. The van der Waals surface area contributed by atoms with E-state index < -0.39 is 6.03 Å². The van der Waals surface area contributed by atoms with Crippen LogP contribution in [-0.4, -0.2) is 31.1 Å². The van der Waals surface area contributed by atoms with Crippen LogP contribution < -0.4 is 22.1 Å². The van der Waals surface area contributed by atoms with Gasteiger partial charge in [-0.25, -0.2) is 4.79 Å². The van der Waals surface area contributed by atoms with Crippen LogP contribution in [-0.2, 0) is 4.79 Å². The molecule has 0 bridgehead atoms. The Morgan fingerprint density at radius 1 is 1.24 bits per heavy atom. The quantitative estimate of drug-likeness (QED) is 0.500. The monoisotopic (exact) mass is 242 g/mol. The molecule has 3 unspecified atom stereocenters. The van der Waals surface area contributed by atoms with Crippen molar-refractivity contribution in [2.45, 2.75) is 32.2 Å². The van der Waals surface area contributed by atoms with Gasteiger partial charge in [0, 0.05) is 25.0 Å². The largest absolute Gasteiger partial charge is 0.354 e. The van der Waals surface area contributed by atoms with Crippen LogP contribution in [0.3, 0.4) is 0 Å². The third kappa shape index (κ3) is 4.60. The Kier molecular flexibility index (Phi) is 5.21. The highest BCUT2D eigenvalue weighted by Gasteiger charge is 2.30. The first-order valence-corrected chi connectivity index (χ1v) is 6.07. The van der Waals surface area contributed by atoms with Gasteiger partial charge < -0.3 is 22.1 Å². The molecule has 0 spiro atoms. The minimum atomic E-state index is -0.577. The van der Waals surface area contributed by atoms with E-state index in [1.807, 2.05) is 0 Å². The van der Waals surface area contributed by atoms with Gasteiger partial charge in [-0.3, -0.25) is 4.79 Å². The van der Waals surface area contributed by atoms with Gasteiger partial charge in [-0.2, -0.15) is 0 Å². The average Bonchev–Trinajstić information content (AvgIpc) is 2.27. The summed E-state index contributed by atoms with van der Waals surface area (Å²) < 4.78 is 0. The van der Waals surface area contributed by atoms with Crippen molar-refractivity contribution in [2.75, 3.05) is 13.1 Å². The van der Waals surface area contributed by atoms with E-state index in [2.05, 4.69) is 17.6 Å². The van der Waals surface area contributed by atoms with Gasteiger partial charge in [0.05, 0.1) is 0 Å². The van der Waals surface area contributed by atoms with Crippen LogP contribution in [0.2, 0.25) is 0 Å². The van der Waals surface area contributed by atoms with E-state index in [0.29, 0.717) is 19.0 Å². The van der Waals surface area contributed by atoms with Crippen LogP contribution >= 0.6 is 0 Å². The van der Waals surface area contributed by atoms with E-state index in [-0.39, 0.29) is 17.9 Å². The molecule has 0 radical (unpaired) electrons. The lowest BCUT2D eigenvalue weighted by Gasteiger charge is -2.31. The first-order chi connectivity index (χ1) is 8.00. The second-order valence-electron chi connectivity index (χ2n) is 4.74. The van der Waals surface area contributed by atoms with Gasteiger partial charge in [0.25, 0.3) is 0 Å². The van der Waals surface area contributed by atoms with Crippen molar-refractivity contribution < 1.29 is 9.59 Å². The predicted molar refractivity (Wildman–Crippen MR) is 65.1 cm³/mol. The maximum Gasteiger partial charge on any atom is 0.312 e. The number of nitrogens with one attached hydrogen (secondary N) is 2. The van der Waals surface area contributed by atoms with Gasteiger partial charge in [0.2, 0.25) is 5.91 Å². The SMILES string of the molecule is CC1CCC(N)CC1C(=O)NCCNC(N)=O. The Balaban J connectivity index is 2.28. The van der Waals surface area contributed by atoms with Crippen LogP contribution in [0.5, 0.6) is 0 Å². The second kappa shape index (κ2) is 6.44.